The molecule has 19 heavy (non-hydrogen) atoms. The van der Waals surface area contributed by atoms with E-state index in [2.05, 4.69) is 5.32 Å². The minimum absolute atomic E-state index is 0.0186. The third-order valence-electron chi connectivity index (χ3n) is 3.09. The molecular formula is C12H19N3O4. The number of rotatable bonds is 4. The molecule has 0 spiro atoms. The molecule has 1 aliphatic heterocycles. The highest BCUT2D eigenvalue weighted by molar-refractivity contribution is 5.05. The van der Waals surface area contributed by atoms with Crippen molar-refractivity contribution in [3.63, 3.8) is 0 Å². The van der Waals surface area contributed by atoms with Crippen molar-refractivity contribution < 1.29 is 9.47 Å². The predicted octanol–water partition coefficient (Wildman–Crippen LogP) is -1.41. The van der Waals surface area contributed by atoms with Gasteiger partial charge in [0.15, 0.2) is 0 Å². The van der Waals surface area contributed by atoms with Crippen LogP contribution < -0.4 is 16.6 Å². The van der Waals surface area contributed by atoms with Gasteiger partial charge in [0.05, 0.1) is 25.9 Å². The molecule has 2 rings (SSSR count). The van der Waals surface area contributed by atoms with Gasteiger partial charge in [0.2, 0.25) is 0 Å². The summed E-state index contributed by atoms with van der Waals surface area (Å²) >= 11 is 0. The average Bonchev–Trinajstić information content (AvgIpc) is 2.43. The number of nitrogens with zero attached hydrogens (tertiary/aromatic N) is 2. The van der Waals surface area contributed by atoms with Crippen LogP contribution in [0.1, 0.15) is 5.56 Å². The first-order valence-corrected chi connectivity index (χ1v) is 6.25. The van der Waals surface area contributed by atoms with Crippen molar-refractivity contribution in [3.8, 4) is 0 Å². The maximum absolute atomic E-state index is 11.9. The van der Waals surface area contributed by atoms with E-state index in [-0.39, 0.29) is 17.4 Å². The number of aromatic nitrogens is 2. The average molecular weight is 269 g/mol. The molecule has 1 N–H and O–H groups in total. The molecule has 7 nitrogen and oxygen atoms in total. The standard InChI is InChI=1S/C12H19N3O4/c1-14-7-9(11(16)15(2)12(14)17)5-13-6-10-8-18-3-4-19-10/h7,10,13H,3-6,8H2,1-2H3. The molecule has 1 fully saturated rings. The summed E-state index contributed by atoms with van der Waals surface area (Å²) < 4.78 is 13.3. The molecule has 0 bridgehead atoms. The van der Waals surface area contributed by atoms with E-state index >= 15 is 0 Å². The van der Waals surface area contributed by atoms with Gasteiger partial charge in [-0.1, -0.05) is 0 Å². The molecular weight excluding hydrogens is 250 g/mol. The molecule has 0 aromatic carbocycles. The van der Waals surface area contributed by atoms with E-state index < -0.39 is 0 Å². The van der Waals surface area contributed by atoms with Crippen LogP contribution >= 0.6 is 0 Å². The summed E-state index contributed by atoms with van der Waals surface area (Å²) in [6.07, 6.45) is 1.58. The van der Waals surface area contributed by atoms with Crippen molar-refractivity contribution in [2.45, 2.75) is 12.6 Å². The smallest absolute Gasteiger partial charge is 0.330 e. The normalized spacial score (nSPS) is 19.6. The fraction of sp³-hybridized carbons (Fsp3) is 0.667. The Labute approximate surface area is 110 Å². The van der Waals surface area contributed by atoms with Gasteiger partial charge >= 0.3 is 5.69 Å². The second-order valence-electron chi connectivity index (χ2n) is 4.61. The zero-order valence-electron chi connectivity index (χ0n) is 11.2. The lowest BCUT2D eigenvalue weighted by atomic mass is 10.3. The molecule has 0 radical (unpaired) electrons. The number of hydrogen-bond donors (Lipinski definition) is 1. The zero-order valence-corrected chi connectivity index (χ0v) is 11.2. The van der Waals surface area contributed by atoms with Crippen LogP contribution in [0, 0.1) is 0 Å². The van der Waals surface area contributed by atoms with Crippen molar-refractivity contribution in [3.05, 3.63) is 32.6 Å². The second kappa shape index (κ2) is 6.14. The molecule has 1 unspecified atom stereocenters. The molecule has 0 amide bonds. The van der Waals surface area contributed by atoms with Crippen LogP contribution in [0.15, 0.2) is 15.8 Å². The summed E-state index contributed by atoms with van der Waals surface area (Å²) in [5.41, 5.74) is -0.0319. The lowest BCUT2D eigenvalue weighted by molar-refractivity contribution is -0.0864. The molecule has 1 aromatic heterocycles. The fourth-order valence-electron chi connectivity index (χ4n) is 2.03. The first-order valence-electron chi connectivity index (χ1n) is 6.25. The van der Waals surface area contributed by atoms with Gasteiger partial charge < -0.3 is 19.4 Å². The highest BCUT2D eigenvalue weighted by Gasteiger charge is 2.14. The summed E-state index contributed by atoms with van der Waals surface area (Å²) in [7, 11) is 3.11. The molecule has 106 valence electrons. The molecule has 1 aliphatic rings. The molecule has 1 atom stereocenters. The molecule has 7 heteroatoms. The van der Waals surface area contributed by atoms with Gasteiger partial charge in [-0.25, -0.2) is 4.79 Å². The lowest BCUT2D eigenvalue weighted by Gasteiger charge is -2.23. The first kappa shape index (κ1) is 14.0. The molecule has 1 aromatic rings. The van der Waals surface area contributed by atoms with Crippen LogP contribution in [0.3, 0.4) is 0 Å². The van der Waals surface area contributed by atoms with Gasteiger partial charge in [-0.05, 0) is 0 Å². The summed E-state index contributed by atoms with van der Waals surface area (Å²) in [5.74, 6) is 0. The molecule has 0 saturated carbocycles. The maximum atomic E-state index is 11.9. The highest BCUT2D eigenvalue weighted by Crippen LogP contribution is 1.99. The number of aryl methyl sites for hydroxylation is 1. The van der Waals surface area contributed by atoms with E-state index in [0.717, 1.165) is 4.57 Å². The van der Waals surface area contributed by atoms with Crippen molar-refractivity contribution >= 4 is 0 Å². The Morgan fingerprint density at radius 1 is 1.37 bits per heavy atom. The van der Waals surface area contributed by atoms with Crippen molar-refractivity contribution in [2.24, 2.45) is 14.1 Å². The Morgan fingerprint density at radius 2 is 2.16 bits per heavy atom. The van der Waals surface area contributed by atoms with E-state index in [1.54, 1.807) is 13.2 Å². The first-order chi connectivity index (χ1) is 9.09. The van der Waals surface area contributed by atoms with Gasteiger partial charge in [0.1, 0.15) is 0 Å². The Kier molecular flexibility index (Phi) is 4.52. The second-order valence-corrected chi connectivity index (χ2v) is 4.61. The Balaban J connectivity index is 1.96. The van der Waals surface area contributed by atoms with Crippen LogP contribution in [0.2, 0.25) is 0 Å². The molecule has 2 heterocycles. The maximum Gasteiger partial charge on any atom is 0.330 e. The zero-order chi connectivity index (χ0) is 13.8. The summed E-state index contributed by atoms with van der Waals surface area (Å²) in [5, 5.41) is 3.15. The van der Waals surface area contributed by atoms with Gasteiger partial charge in [0, 0.05) is 38.9 Å². The fourth-order valence-corrected chi connectivity index (χ4v) is 2.03. The summed E-state index contributed by atoms with van der Waals surface area (Å²) in [4.78, 5) is 23.4. The Bertz CT molecular complexity index is 543. The third-order valence-corrected chi connectivity index (χ3v) is 3.09. The van der Waals surface area contributed by atoms with Crippen LogP contribution in [-0.4, -0.2) is 41.6 Å². The number of nitrogens with one attached hydrogen (secondary N) is 1. The SMILES string of the molecule is Cn1cc(CNCC2COCCO2)c(=O)n(C)c1=O. The van der Waals surface area contributed by atoms with Crippen LogP contribution in [-0.2, 0) is 30.1 Å². The van der Waals surface area contributed by atoms with E-state index in [1.807, 2.05) is 0 Å². The highest BCUT2D eigenvalue weighted by atomic mass is 16.6. The third kappa shape index (κ3) is 3.31. The summed E-state index contributed by atoms with van der Waals surface area (Å²) in [6.45, 7) is 2.83. The minimum Gasteiger partial charge on any atom is -0.376 e. The number of ether oxygens (including phenoxy) is 2. The van der Waals surface area contributed by atoms with Gasteiger partial charge in [-0.2, -0.15) is 0 Å². The van der Waals surface area contributed by atoms with Crippen molar-refractivity contribution in [1.29, 1.82) is 0 Å². The lowest BCUT2D eigenvalue weighted by Crippen LogP contribution is -2.41. The summed E-state index contributed by atoms with van der Waals surface area (Å²) in [6, 6.07) is 0. The van der Waals surface area contributed by atoms with Gasteiger partial charge in [0.25, 0.3) is 5.56 Å². The molecule has 1 saturated heterocycles. The Morgan fingerprint density at radius 3 is 2.84 bits per heavy atom. The largest absolute Gasteiger partial charge is 0.376 e. The van der Waals surface area contributed by atoms with E-state index in [1.165, 1.54) is 11.6 Å². The quantitative estimate of drug-likeness (QED) is 0.727. The Hall–Kier alpha value is -1.44. The van der Waals surface area contributed by atoms with Gasteiger partial charge in [-0.3, -0.25) is 9.36 Å². The van der Waals surface area contributed by atoms with Crippen molar-refractivity contribution in [1.82, 2.24) is 14.5 Å². The van der Waals surface area contributed by atoms with Crippen molar-refractivity contribution in [2.75, 3.05) is 26.4 Å². The number of hydrogen-bond acceptors (Lipinski definition) is 5. The monoisotopic (exact) mass is 269 g/mol. The predicted molar refractivity (Wildman–Crippen MR) is 69.2 cm³/mol. The minimum atomic E-state index is -0.322. The van der Waals surface area contributed by atoms with Gasteiger partial charge in [-0.15, -0.1) is 0 Å². The van der Waals surface area contributed by atoms with Crippen LogP contribution in [0.5, 0.6) is 0 Å². The topological polar surface area (TPSA) is 74.5 Å². The van der Waals surface area contributed by atoms with Crippen LogP contribution in [0.4, 0.5) is 0 Å². The van der Waals surface area contributed by atoms with E-state index in [9.17, 15) is 9.59 Å². The van der Waals surface area contributed by atoms with E-state index in [0.29, 0.717) is 38.5 Å². The molecule has 0 aliphatic carbocycles. The van der Waals surface area contributed by atoms with Crippen LogP contribution in [0.25, 0.3) is 0 Å². The van der Waals surface area contributed by atoms with E-state index in [4.69, 9.17) is 9.47 Å².